The Morgan fingerprint density at radius 1 is 0.630 bits per heavy atom. The van der Waals surface area contributed by atoms with Crippen molar-refractivity contribution in [1.29, 1.82) is 0 Å². The largest absolute Gasteiger partial charge is 0.466 e. The van der Waals surface area contributed by atoms with Crippen molar-refractivity contribution in [2.45, 2.75) is 105 Å². The van der Waals surface area contributed by atoms with Gasteiger partial charge in [0.15, 0.2) is 0 Å². The molecule has 0 N–H and O–H groups in total. The smallest absolute Gasteiger partial charge is 0.305 e. The van der Waals surface area contributed by atoms with Gasteiger partial charge >= 0.3 is 11.9 Å². The number of carbonyl (C=O) groups excluding carboxylic acids is 2. The van der Waals surface area contributed by atoms with Gasteiger partial charge in [-0.25, -0.2) is 0 Å². The van der Waals surface area contributed by atoms with Crippen LogP contribution < -0.4 is 0 Å². The van der Waals surface area contributed by atoms with Crippen molar-refractivity contribution in [1.82, 2.24) is 0 Å². The third-order valence-electron chi connectivity index (χ3n) is 4.73. The first-order valence-corrected chi connectivity index (χ1v) is 11.1. The van der Waals surface area contributed by atoms with Crippen LogP contribution in [0.15, 0.2) is 0 Å². The standard InChI is InChI=1S/C23H44O4/c1-19(2)12-8-6-10-14-22(24)26-17-16-21(5)18-27-23(25)15-11-7-9-13-20(3)4/h19-21H,6-18H2,1-5H3. The molecule has 0 saturated heterocycles. The van der Waals surface area contributed by atoms with E-state index in [1.165, 1.54) is 25.7 Å². The molecule has 0 bridgehead atoms. The first-order valence-electron chi connectivity index (χ1n) is 11.1. The topological polar surface area (TPSA) is 52.6 Å². The molecule has 4 heteroatoms. The molecule has 0 amide bonds. The zero-order valence-corrected chi connectivity index (χ0v) is 18.6. The maximum atomic E-state index is 11.7. The van der Waals surface area contributed by atoms with Gasteiger partial charge in [-0.15, -0.1) is 0 Å². The maximum Gasteiger partial charge on any atom is 0.305 e. The molecule has 0 aromatic carbocycles. The molecule has 0 aromatic heterocycles. The highest BCUT2D eigenvalue weighted by Gasteiger charge is 2.09. The highest BCUT2D eigenvalue weighted by atomic mass is 16.5. The van der Waals surface area contributed by atoms with E-state index in [9.17, 15) is 9.59 Å². The van der Waals surface area contributed by atoms with E-state index in [1.54, 1.807) is 0 Å². The van der Waals surface area contributed by atoms with Crippen molar-refractivity contribution < 1.29 is 19.1 Å². The second-order valence-corrected chi connectivity index (χ2v) is 8.78. The van der Waals surface area contributed by atoms with Crippen LogP contribution in [0.2, 0.25) is 0 Å². The van der Waals surface area contributed by atoms with Gasteiger partial charge in [0.25, 0.3) is 0 Å². The van der Waals surface area contributed by atoms with Crippen LogP contribution in [-0.2, 0) is 19.1 Å². The van der Waals surface area contributed by atoms with Gasteiger partial charge in [-0.1, -0.05) is 73.1 Å². The predicted octanol–water partition coefficient (Wildman–Crippen LogP) is 6.31. The SMILES string of the molecule is CC(C)CCCCCC(=O)OCCC(C)COC(=O)CCCCCC(C)C. The van der Waals surface area contributed by atoms with Crippen molar-refractivity contribution in [3.05, 3.63) is 0 Å². The van der Waals surface area contributed by atoms with Gasteiger partial charge in [-0.05, 0) is 37.0 Å². The molecular formula is C23H44O4. The first-order chi connectivity index (χ1) is 12.8. The number of carbonyl (C=O) groups is 2. The van der Waals surface area contributed by atoms with Gasteiger partial charge in [0.05, 0.1) is 13.2 Å². The average Bonchev–Trinajstić information content (AvgIpc) is 2.58. The highest BCUT2D eigenvalue weighted by molar-refractivity contribution is 5.69. The Morgan fingerprint density at radius 2 is 1.11 bits per heavy atom. The maximum absolute atomic E-state index is 11.7. The summed E-state index contributed by atoms with van der Waals surface area (Å²) in [7, 11) is 0. The number of unbranched alkanes of at least 4 members (excludes halogenated alkanes) is 4. The van der Waals surface area contributed by atoms with E-state index in [4.69, 9.17) is 9.47 Å². The summed E-state index contributed by atoms with van der Waals surface area (Å²) in [5.74, 6) is 1.47. The Labute approximate surface area is 167 Å². The number of hydrogen-bond acceptors (Lipinski definition) is 4. The highest BCUT2D eigenvalue weighted by Crippen LogP contribution is 2.12. The molecule has 0 saturated carbocycles. The molecule has 160 valence electrons. The minimum absolute atomic E-state index is 0.106. The van der Waals surface area contributed by atoms with Gasteiger partial charge in [0.2, 0.25) is 0 Å². The Balaban J connectivity index is 3.52. The van der Waals surface area contributed by atoms with E-state index < -0.39 is 0 Å². The Kier molecular flexibility index (Phi) is 16.4. The minimum Gasteiger partial charge on any atom is -0.466 e. The van der Waals surface area contributed by atoms with Crippen LogP contribution in [0.5, 0.6) is 0 Å². The summed E-state index contributed by atoms with van der Waals surface area (Å²) >= 11 is 0. The van der Waals surface area contributed by atoms with Crippen molar-refractivity contribution >= 4 is 11.9 Å². The summed E-state index contributed by atoms with van der Waals surface area (Å²) < 4.78 is 10.6. The first kappa shape index (κ1) is 25.9. The Morgan fingerprint density at radius 3 is 1.59 bits per heavy atom. The van der Waals surface area contributed by atoms with Crippen LogP contribution in [0, 0.1) is 17.8 Å². The van der Waals surface area contributed by atoms with Gasteiger partial charge in [0.1, 0.15) is 0 Å². The minimum atomic E-state index is -0.107. The zero-order chi connectivity index (χ0) is 20.5. The summed E-state index contributed by atoms with van der Waals surface area (Å²) in [4.78, 5) is 23.4. The zero-order valence-electron chi connectivity index (χ0n) is 18.6. The lowest BCUT2D eigenvalue weighted by Gasteiger charge is -2.12. The molecule has 0 rings (SSSR count). The summed E-state index contributed by atoms with van der Waals surface area (Å²) in [5.41, 5.74) is 0. The molecule has 4 nitrogen and oxygen atoms in total. The molecular weight excluding hydrogens is 340 g/mol. The van der Waals surface area contributed by atoms with Crippen LogP contribution in [0.3, 0.4) is 0 Å². The average molecular weight is 385 g/mol. The monoisotopic (exact) mass is 384 g/mol. The lowest BCUT2D eigenvalue weighted by molar-refractivity contribution is -0.147. The van der Waals surface area contributed by atoms with E-state index >= 15 is 0 Å². The van der Waals surface area contributed by atoms with Gasteiger partial charge in [0, 0.05) is 12.8 Å². The van der Waals surface area contributed by atoms with Crippen molar-refractivity contribution in [2.75, 3.05) is 13.2 Å². The Bertz CT molecular complexity index is 377. The lowest BCUT2D eigenvalue weighted by Crippen LogP contribution is -2.15. The third kappa shape index (κ3) is 19.5. The summed E-state index contributed by atoms with van der Waals surface area (Å²) in [6.07, 6.45) is 10.6. The quantitative estimate of drug-likeness (QED) is 0.218. The molecule has 1 unspecified atom stereocenters. The van der Waals surface area contributed by atoms with Gasteiger partial charge < -0.3 is 9.47 Å². The predicted molar refractivity (Wildman–Crippen MR) is 112 cm³/mol. The van der Waals surface area contributed by atoms with E-state index in [0.29, 0.717) is 26.1 Å². The fraction of sp³-hybridized carbons (Fsp3) is 0.913. The van der Waals surface area contributed by atoms with E-state index in [2.05, 4.69) is 27.7 Å². The van der Waals surface area contributed by atoms with Crippen LogP contribution in [0.4, 0.5) is 0 Å². The number of ether oxygens (including phenoxy) is 2. The summed E-state index contributed by atoms with van der Waals surface area (Å²) in [5, 5.41) is 0. The molecule has 0 fully saturated rings. The van der Waals surface area contributed by atoms with E-state index in [-0.39, 0.29) is 17.9 Å². The molecule has 0 heterocycles. The fourth-order valence-corrected chi connectivity index (χ4v) is 2.83. The fourth-order valence-electron chi connectivity index (χ4n) is 2.83. The van der Waals surface area contributed by atoms with Crippen molar-refractivity contribution in [2.24, 2.45) is 17.8 Å². The van der Waals surface area contributed by atoms with Gasteiger partial charge in [-0.3, -0.25) is 9.59 Å². The summed E-state index contributed by atoms with van der Waals surface area (Å²) in [6, 6.07) is 0. The number of esters is 2. The number of hydrogen-bond donors (Lipinski definition) is 0. The van der Waals surface area contributed by atoms with E-state index in [0.717, 1.165) is 43.9 Å². The van der Waals surface area contributed by atoms with Gasteiger partial charge in [-0.2, -0.15) is 0 Å². The van der Waals surface area contributed by atoms with Crippen molar-refractivity contribution in [3.8, 4) is 0 Å². The normalized spacial score (nSPS) is 12.4. The third-order valence-corrected chi connectivity index (χ3v) is 4.73. The summed E-state index contributed by atoms with van der Waals surface area (Å²) in [6.45, 7) is 11.7. The molecule has 0 aliphatic heterocycles. The molecule has 0 aromatic rings. The molecule has 1 atom stereocenters. The van der Waals surface area contributed by atoms with Crippen LogP contribution in [0.25, 0.3) is 0 Å². The molecule has 27 heavy (non-hydrogen) atoms. The lowest BCUT2D eigenvalue weighted by atomic mass is 10.0. The van der Waals surface area contributed by atoms with Crippen LogP contribution >= 0.6 is 0 Å². The van der Waals surface area contributed by atoms with E-state index in [1.807, 2.05) is 6.92 Å². The molecule has 0 spiro atoms. The second kappa shape index (κ2) is 17.1. The molecule has 0 aliphatic carbocycles. The molecule has 0 aliphatic rings. The van der Waals surface area contributed by atoms with Crippen LogP contribution in [-0.4, -0.2) is 25.2 Å². The molecule has 0 radical (unpaired) electrons. The van der Waals surface area contributed by atoms with Crippen LogP contribution in [0.1, 0.15) is 105 Å². The van der Waals surface area contributed by atoms with Crippen molar-refractivity contribution in [3.63, 3.8) is 0 Å². The second-order valence-electron chi connectivity index (χ2n) is 8.78. The number of rotatable bonds is 17. The Hall–Kier alpha value is -1.06.